The Kier molecular flexibility index (Phi) is 10.7. The first-order chi connectivity index (χ1) is 15.0. The Morgan fingerprint density at radius 3 is 2.52 bits per heavy atom. The predicted molar refractivity (Wildman–Crippen MR) is 129 cm³/mol. The summed E-state index contributed by atoms with van der Waals surface area (Å²) in [4.78, 5) is 27.7. The minimum Gasteiger partial charge on any atom is -0.497 e. The van der Waals surface area contributed by atoms with E-state index in [1.54, 1.807) is 12.0 Å². The Labute approximate surface area is 194 Å². The molecule has 0 aliphatic rings. The lowest BCUT2D eigenvalue weighted by Gasteiger charge is -2.30. The van der Waals surface area contributed by atoms with E-state index in [0.29, 0.717) is 36.0 Å². The second-order valence-electron chi connectivity index (χ2n) is 7.21. The fourth-order valence-electron chi connectivity index (χ4n) is 3.17. The van der Waals surface area contributed by atoms with Crippen molar-refractivity contribution in [3.63, 3.8) is 0 Å². The van der Waals surface area contributed by atoms with Crippen LogP contribution in [0.15, 0.2) is 48.5 Å². The van der Waals surface area contributed by atoms with E-state index in [2.05, 4.69) is 5.32 Å². The number of thioether (sulfide) groups is 1. The maximum absolute atomic E-state index is 13.2. The highest BCUT2D eigenvalue weighted by Gasteiger charge is 2.28. The van der Waals surface area contributed by atoms with Crippen LogP contribution in [0.25, 0.3) is 0 Å². The van der Waals surface area contributed by atoms with Gasteiger partial charge < -0.3 is 15.0 Å². The van der Waals surface area contributed by atoms with E-state index in [1.165, 1.54) is 11.8 Å². The smallest absolute Gasteiger partial charge is 0.242 e. The zero-order valence-electron chi connectivity index (χ0n) is 18.4. The Balaban J connectivity index is 2.12. The Morgan fingerprint density at radius 2 is 1.87 bits per heavy atom. The van der Waals surface area contributed by atoms with Crippen molar-refractivity contribution in [2.75, 3.05) is 19.4 Å². The molecular weight excluding hydrogens is 432 g/mol. The molecule has 0 spiro atoms. The van der Waals surface area contributed by atoms with E-state index in [1.807, 2.05) is 62.4 Å². The van der Waals surface area contributed by atoms with Crippen LogP contribution >= 0.6 is 23.4 Å². The molecule has 168 valence electrons. The summed E-state index contributed by atoms with van der Waals surface area (Å²) < 4.78 is 5.31. The quantitative estimate of drug-likeness (QED) is 0.486. The summed E-state index contributed by atoms with van der Waals surface area (Å²) in [6.45, 7) is 4.90. The molecule has 7 heteroatoms. The summed E-state index contributed by atoms with van der Waals surface area (Å²) >= 11 is 7.47. The highest BCUT2D eigenvalue weighted by Crippen LogP contribution is 2.20. The van der Waals surface area contributed by atoms with E-state index >= 15 is 0 Å². The average molecular weight is 463 g/mol. The van der Waals surface area contributed by atoms with E-state index in [4.69, 9.17) is 16.3 Å². The van der Waals surface area contributed by atoms with Crippen LogP contribution in [-0.2, 0) is 21.9 Å². The van der Waals surface area contributed by atoms with Crippen molar-refractivity contribution in [3.8, 4) is 5.75 Å². The van der Waals surface area contributed by atoms with E-state index in [-0.39, 0.29) is 11.8 Å². The lowest BCUT2D eigenvalue weighted by atomic mass is 10.1. The molecule has 0 radical (unpaired) electrons. The highest BCUT2D eigenvalue weighted by molar-refractivity contribution is 7.99. The van der Waals surface area contributed by atoms with Gasteiger partial charge in [0.25, 0.3) is 0 Å². The lowest BCUT2D eigenvalue weighted by Crippen LogP contribution is -2.49. The normalized spacial score (nSPS) is 11.6. The first-order valence-electron chi connectivity index (χ1n) is 10.5. The molecule has 2 amide bonds. The summed E-state index contributed by atoms with van der Waals surface area (Å²) in [5.41, 5.74) is 2.03. The molecule has 0 unspecified atom stereocenters. The van der Waals surface area contributed by atoms with Gasteiger partial charge in [0.1, 0.15) is 11.8 Å². The molecule has 1 N–H and O–H groups in total. The molecule has 0 fully saturated rings. The van der Waals surface area contributed by atoms with Crippen molar-refractivity contribution in [1.82, 2.24) is 10.2 Å². The topological polar surface area (TPSA) is 58.6 Å². The van der Waals surface area contributed by atoms with Crippen molar-refractivity contribution in [2.45, 2.75) is 45.0 Å². The maximum atomic E-state index is 13.2. The summed E-state index contributed by atoms with van der Waals surface area (Å²) in [6.07, 6.45) is 1.40. The Hall–Kier alpha value is -2.18. The van der Waals surface area contributed by atoms with E-state index in [9.17, 15) is 9.59 Å². The molecule has 0 heterocycles. The number of amides is 2. The fourth-order valence-corrected chi connectivity index (χ4v) is 4.17. The van der Waals surface area contributed by atoms with Gasteiger partial charge in [-0.3, -0.25) is 9.59 Å². The van der Waals surface area contributed by atoms with Crippen LogP contribution in [0.3, 0.4) is 0 Å². The van der Waals surface area contributed by atoms with Crippen LogP contribution in [0, 0.1) is 0 Å². The molecule has 0 saturated heterocycles. The fraction of sp³-hybridized carbons (Fsp3) is 0.417. The Morgan fingerprint density at radius 1 is 1.13 bits per heavy atom. The Bertz CT molecular complexity index is 845. The zero-order chi connectivity index (χ0) is 22.6. The van der Waals surface area contributed by atoms with Crippen LogP contribution in [0.2, 0.25) is 5.02 Å². The molecule has 1 atom stereocenters. The number of carbonyl (C=O) groups excluding carboxylic acids is 2. The number of benzene rings is 2. The van der Waals surface area contributed by atoms with Crippen LogP contribution in [0.5, 0.6) is 5.75 Å². The second kappa shape index (κ2) is 13.3. The maximum Gasteiger partial charge on any atom is 0.242 e. The van der Waals surface area contributed by atoms with Gasteiger partial charge in [0.15, 0.2) is 0 Å². The molecule has 31 heavy (non-hydrogen) atoms. The number of hydrogen-bond acceptors (Lipinski definition) is 4. The zero-order valence-corrected chi connectivity index (χ0v) is 20.0. The summed E-state index contributed by atoms with van der Waals surface area (Å²) in [7, 11) is 1.61. The first-order valence-corrected chi connectivity index (χ1v) is 12.0. The van der Waals surface area contributed by atoms with Gasteiger partial charge in [-0.1, -0.05) is 49.7 Å². The molecule has 0 aliphatic heterocycles. The molecule has 0 aliphatic carbocycles. The molecule has 2 rings (SSSR count). The van der Waals surface area contributed by atoms with Crippen LogP contribution in [0.4, 0.5) is 0 Å². The highest BCUT2D eigenvalue weighted by atomic mass is 35.5. The molecule has 0 bridgehead atoms. The molecule has 2 aromatic rings. The van der Waals surface area contributed by atoms with Gasteiger partial charge >= 0.3 is 0 Å². The number of methoxy groups -OCH3 is 1. The van der Waals surface area contributed by atoms with E-state index in [0.717, 1.165) is 23.3 Å². The summed E-state index contributed by atoms with van der Waals surface area (Å²) in [5, 5.41) is 3.63. The van der Waals surface area contributed by atoms with Crippen molar-refractivity contribution in [3.05, 3.63) is 64.7 Å². The third-order valence-electron chi connectivity index (χ3n) is 4.83. The van der Waals surface area contributed by atoms with Crippen molar-refractivity contribution >= 4 is 35.2 Å². The number of halogens is 1. The van der Waals surface area contributed by atoms with Gasteiger partial charge in [-0.05, 0) is 48.2 Å². The minimum atomic E-state index is -0.513. The number of ether oxygens (including phenoxy) is 1. The monoisotopic (exact) mass is 462 g/mol. The van der Waals surface area contributed by atoms with E-state index < -0.39 is 6.04 Å². The van der Waals surface area contributed by atoms with Crippen molar-refractivity contribution in [1.29, 1.82) is 0 Å². The third kappa shape index (κ3) is 8.11. The predicted octanol–water partition coefficient (Wildman–Crippen LogP) is 4.92. The van der Waals surface area contributed by atoms with Crippen molar-refractivity contribution < 1.29 is 14.3 Å². The van der Waals surface area contributed by atoms with Crippen molar-refractivity contribution in [2.24, 2.45) is 0 Å². The van der Waals surface area contributed by atoms with Crippen LogP contribution in [-0.4, -0.2) is 42.2 Å². The van der Waals surface area contributed by atoms with Gasteiger partial charge in [0, 0.05) is 23.9 Å². The first kappa shape index (κ1) is 25.1. The third-order valence-corrected chi connectivity index (χ3v) is 6.07. The van der Waals surface area contributed by atoms with Gasteiger partial charge in [-0.15, -0.1) is 11.8 Å². The molecule has 0 aromatic heterocycles. The molecular formula is C24H31ClN2O3S. The van der Waals surface area contributed by atoms with Crippen LogP contribution in [0.1, 0.15) is 37.8 Å². The van der Waals surface area contributed by atoms with Gasteiger partial charge in [0.2, 0.25) is 11.8 Å². The largest absolute Gasteiger partial charge is 0.497 e. The average Bonchev–Trinajstić information content (AvgIpc) is 2.78. The molecule has 2 aromatic carbocycles. The van der Waals surface area contributed by atoms with Crippen LogP contribution < -0.4 is 10.1 Å². The number of nitrogens with one attached hydrogen (secondary N) is 1. The molecule has 0 saturated carbocycles. The van der Waals surface area contributed by atoms with Gasteiger partial charge in [-0.2, -0.15) is 0 Å². The molecule has 5 nitrogen and oxygen atoms in total. The number of hydrogen-bond donors (Lipinski definition) is 1. The number of carbonyl (C=O) groups is 2. The summed E-state index contributed by atoms with van der Waals surface area (Å²) in [5.74, 6) is 1.56. The standard InChI is InChI=1S/C24H31ClN2O3S/c1-4-13-26-24(29)22(5-2)27(15-19-7-6-8-21(14-19)30-3)23(28)17-31-16-18-9-11-20(25)12-10-18/h6-12,14,22H,4-5,13,15-17H2,1-3H3,(H,26,29)/t22-/m1/s1. The second-order valence-corrected chi connectivity index (χ2v) is 8.63. The number of nitrogens with zero attached hydrogens (tertiary/aromatic N) is 1. The lowest BCUT2D eigenvalue weighted by molar-refractivity contribution is -0.139. The summed E-state index contributed by atoms with van der Waals surface area (Å²) in [6, 6.07) is 14.7. The number of rotatable bonds is 12. The van der Waals surface area contributed by atoms with Gasteiger partial charge in [-0.25, -0.2) is 0 Å². The minimum absolute atomic E-state index is 0.0553. The SMILES string of the molecule is CCCNC(=O)[C@@H](CC)N(Cc1cccc(OC)c1)C(=O)CSCc1ccc(Cl)cc1. The van der Waals surface area contributed by atoms with Gasteiger partial charge in [0.05, 0.1) is 12.9 Å².